The van der Waals surface area contributed by atoms with Crippen molar-refractivity contribution in [1.29, 1.82) is 0 Å². The monoisotopic (exact) mass is 649 g/mol. The number of hydrogen-bond donors (Lipinski definition) is 3. The van der Waals surface area contributed by atoms with Gasteiger partial charge in [-0.05, 0) is 48.9 Å². The van der Waals surface area contributed by atoms with Gasteiger partial charge in [0.2, 0.25) is 5.95 Å². The van der Waals surface area contributed by atoms with Gasteiger partial charge >= 0.3 is 0 Å². The van der Waals surface area contributed by atoms with Crippen LogP contribution in [0.5, 0.6) is 0 Å². The second-order valence-corrected chi connectivity index (χ2v) is 13.5. The third kappa shape index (κ3) is 6.62. The number of rotatable bonds is 9. The molecule has 1 saturated heterocycles. The van der Waals surface area contributed by atoms with Crippen LogP contribution in [0.4, 0.5) is 31.9 Å². The van der Waals surface area contributed by atoms with E-state index in [0.717, 1.165) is 40.4 Å². The summed E-state index contributed by atoms with van der Waals surface area (Å²) in [5, 5.41) is 13.8. The van der Waals surface area contributed by atoms with Crippen molar-refractivity contribution in [3.05, 3.63) is 89.7 Å². The first-order valence-electron chi connectivity index (χ1n) is 14.1. The van der Waals surface area contributed by atoms with Crippen molar-refractivity contribution in [2.24, 2.45) is 0 Å². The molecule has 0 aliphatic carbocycles. The summed E-state index contributed by atoms with van der Waals surface area (Å²) < 4.78 is 56.7. The van der Waals surface area contributed by atoms with Crippen LogP contribution in [0.15, 0.2) is 78.0 Å². The van der Waals surface area contributed by atoms with Gasteiger partial charge in [0, 0.05) is 36.5 Å². The van der Waals surface area contributed by atoms with Gasteiger partial charge in [-0.3, -0.25) is 4.72 Å². The zero-order valence-electron chi connectivity index (χ0n) is 24.3. The summed E-state index contributed by atoms with van der Waals surface area (Å²) in [6, 6.07) is 14.9. The van der Waals surface area contributed by atoms with Crippen LogP contribution in [-0.4, -0.2) is 52.7 Å². The summed E-state index contributed by atoms with van der Waals surface area (Å²) >= 11 is 1.46. The Morgan fingerprint density at radius 3 is 2.47 bits per heavy atom. The fraction of sp³-hybridized carbons (Fsp3) is 0.226. The fourth-order valence-corrected chi connectivity index (χ4v) is 7.15. The topological polar surface area (TPSA) is 133 Å². The zero-order chi connectivity index (χ0) is 31.7. The number of anilines is 4. The van der Waals surface area contributed by atoms with Gasteiger partial charge in [-0.25, -0.2) is 37.1 Å². The molecule has 4 heterocycles. The highest BCUT2D eigenvalue weighted by Crippen LogP contribution is 2.39. The average Bonchev–Trinajstić information content (AvgIpc) is 3.65. The maximum atomic E-state index is 14.3. The summed E-state index contributed by atoms with van der Waals surface area (Å²) in [6.07, 6.45) is 3.69. The highest BCUT2D eigenvalue weighted by Gasteiger charge is 2.25. The van der Waals surface area contributed by atoms with Gasteiger partial charge in [-0.1, -0.05) is 32.0 Å². The molecule has 2 aromatic carbocycles. The van der Waals surface area contributed by atoms with Crippen LogP contribution in [0.2, 0.25) is 0 Å². The van der Waals surface area contributed by atoms with Gasteiger partial charge in [-0.2, -0.15) is 0 Å². The minimum Gasteiger partial charge on any atom is -0.391 e. The fourth-order valence-electron chi connectivity index (χ4n) is 4.90. The lowest BCUT2D eigenvalue weighted by Crippen LogP contribution is -2.22. The van der Waals surface area contributed by atoms with Crippen LogP contribution in [0, 0.1) is 11.6 Å². The zero-order valence-corrected chi connectivity index (χ0v) is 25.9. The lowest BCUT2D eigenvalue weighted by atomic mass is 10.1. The molecule has 1 aliphatic rings. The molecule has 0 spiro atoms. The molecule has 45 heavy (non-hydrogen) atoms. The molecular weight excluding hydrogens is 621 g/mol. The van der Waals surface area contributed by atoms with Crippen molar-refractivity contribution in [2.75, 3.05) is 28.0 Å². The highest BCUT2D eigenvalue weighted by molar-refractivity contribution is 7.92. The van der Waals surface area contributed by atoms with Crippen LogP contribution in [-0.2, 0) is 10.0 Å². The smallest absolute Gasteiger partial charge is 0.267 e. The Morgan fingerprint density at radius 2 is 1.78 bits per heavy atom. The highest BCUT2D eigenvalue weighted by atomic mass is 32.2. The summed E-state index contributed by atoms with van der Waals surface area (Å²) in [7, 11) is -4.56. The molecule has 10 nitrogen and oxygen atoms in total. The largest absolute Gasteiger partial charge is 0.391 e. The van der Waals surface area contributed by atoms with Crippen molar-refractivity contribution in [3.63, 3.8) is 0 Å². The first-order chi connectivity index (χ1) is 21.6. The van der Waals surface area contributed by atoms with Gasteiger partial charge in [0.05, 0.1) is 39.3 Å². The van der Waals surface area contributed by atoms with E-state index < -0.39 is 26.6 Å². The van der Waals surface area contributed by atoms with Crippen LogP contribution >= 0.6 is 11.3 Å². The Hall–Kier alpha value is -4.53. The molecule has 0 radical (unpaired) electrons. The van der Waals surface area contributed by atoms with E-state index in [9.17, 15) is 22.3 Å². The lowest BCUT2D eigenvalue weighted by molar-refractivity contribution is 0.198. The third-order valence-corrected chi connectivity index (χ3v) is 9.90. The van der Waals surface area contributed by atoms with Crippen molar-refractivity contribution in [2.45, 2.75) is 37.2 Å². The summed E-state index contributed by atoms with van der Waals surface area (Å²) in [4.78, 5) is 20.2. The molecule has 1 fully saturated rings. The number of benzene rings is 2. The van der Waals surface area contributed by atoms with Gasteiger partial charge in [0.15, 0.2) is 4.90 Å². The van der Waals surface area contributed by atoms with Gasteiger partial charge in [0.1, 0.15) is 17.5 Å². The molecule has 0 bridgehead atoms. The number of pyridine rings is 1. The van der Waals surface area contributed by atoms with E-state index in [2.05, 4.69) is 20.0 Å². The van der Waals surface area contributed by atoms with Crippen LogP contribution < -0.4 is 14.9 Å². The van der Waals surface area contributed by atoms with Crippen molar-refractivity contribution in [3.8, 4) is 21.8 Å². The molecule has 0 unspecified atom stereocenters. The number of thiazole rings is 1. The number of aliphatic hydroxyl groups excluding tert-OH is 1. The molecular formula is C31H29F2N7O3S2. The molecule has 1 atom stereocenters. The summed E-state index contributed by atoms with van der Waals surface area (Å²) in [5.41, 5.74) is 2.56. The number of β-amino-alcohol motifs (C(OH)–C–C–N with tert-alkyl or cyclic N) is 1. The van der Waals surface area contributed by atoms with Crippen LogP contribution in [0.3, 0.4) is 0 Å². The lowest BCUT2D eigenvalue weighted by Gasteiger charge is -2.16. The first-order valence-corrected chi connectivity index (χ1v) is 16.4. The minimum absolute atomic E-state index is 0.106. The molecule has 3 aromatic heterocycles. The van der Waals surface area contributed by atoms with E-state index in [0.29, 0.717) is 41.6 Å². The number of aliphatic hydroxyl groups is 1. The molecule has 0 amide bonds. The molecule has 5 aromatic rings. The molecule has 3 N–H and O–H groups in total. The minimum atomic E-state index is -4.56. The van der Waals surface area contributed by atoms with E-state index in [1.807, 2.05) is 30.9 Å². The standard InChI is InChI=1S/C31H29F2N7O3S2/c1-18(2)30-38-27(19-5-3-6-20(15-19)39-45(42,43)29-23(32)7-4-8-24(29)33)28(44-30)25-11-13-34-31(37-25)36-21-9-10-26(35-16-21)40-14-12-22(41)17-40/h3-11,13,15-16,18,22,39,41H,12,14,17H2,1-2H3,(H,34,36,37)/t22-/m1/s1. The normalized spacial score (nSPS) is 15.1. The van der Waals surface area contributed by atoms with Crippen molar-refractivity contribution < 1.29 is 22.3 Å². The van der Waals surface area contributed by atoms with Gasteiger partial charge in [0.25, 0.3) is 10.0 Å². The second-order valence-electron chi connectivity index (χ2n) is 10.8. The molecule has 14 heteroatoms. The Morgan fingerprint density at radius 1 is 1.00 bits per heavy atom. The Labute approximate surface area is 262 Å². The van der Waals surface area contributed by atoms with Gasteiger partial charge < -0.3 is 15.3 Å². The number of nitrogens with zero attached hydrogens (tertiary/aromatic N) is 5. The second kappa shape index (κ2) is 12.5. The third-order valence-electron chi connectivity index (χ3n) is 7.09. The molecule has 6 rings (SSSR count). The van der Waals surface area contributed by atoms with E-state index in [1.54, 1.807) is 36.7 Å². The summed E-state index contributed by atoms with van der Waals surface area (Å²) in [6.45, 7) is 5.35. The quantitative estimate of drug-likeness (QED) is 0.171. The predicted molar refractivity (Wildman–Crippen MR) is 170 cm³/mol. The number of nitrogens with one attached hydrogen (secondary N) is 2. The van der Waals surface area contributed by atoms with Gasteiger partial charge in [-0.15, -0.1) is 11.3 Å². The molecule has 232 valence electrons. The van der Waals surface area contributed by atoms with E-state index >= 15 is 0 Å². The number of halogens is 2. The van der Waals surface area contributed by atoms with E-state index in [-0.39, 0.29) is 17.7 Å². The van der Waals surface area contributed by atoms with Crippen molar-refractivity contribution in [1.82, 2.24) is 19.9 Å². The Bertz CT molecular complexity index is 1930. The number of aromatic nitrogens is 4. The first kappa shape index (κ1) is 30.5. The number of hydrogen-bond acceptors (Lipinski definition) is 10. The van der Waals surface area contributed by atoms with E-state index in [1.165, 1.54) is 17.4 Å². The average molecular weight is 650 g/mol. The maximum Gasteiger partial charge on any atom is 0.267 e. The van der Waals surface area contributed by atoms with Crippen LogP contribution in [0.25, 0.3) is 21.8 Å². The maximum absolute atomic E-state index is 14.3. The van der Waals surface area contributed by atoms with Crippen LogP contribution in [0.1, 0.15) is 31.2 Å². The number of sulfonamides is 1. The van der Waals surface area contributed by atoms with Crippen molar-refractivity contribution >= 4 is 44.5 Å². The predicted octanol–water partition coefficient (Wildman–Crippen LogP) is 6.18. The molecule has 0 saturated carbocycles. The SMILES string of the molecule is CC(C)c1nc(-c2cccc(NS(=O)(=O)c3c(F)cccc3F)c2)c(-c2ccnc(Nc3ccc(N4CC[C@@H](O)C4)nc3)n2)s1. The Balaban J connectivity index is 1.29. The van der Waals surface area contributed by atoms with E-state index in [4.69, 9.17) is 9.97 Å². The molecule has 1 aliphatic heterocycles. The Kier molecular flexibility index (Phi) is 8.44. The summed E-state index contributed by atoms with van der Waals surface area (Å²) in [5.74, 6) is -1.14.